The molecule has 0 bridgehead atoms. The molecule has 4 rings (SSSR count). The summed E-state index contributed by atoms with van der Waals surface area (Å²) in [6.45, 7) is 0.899. The van der Waals surface area contributed by atoms with Gasteiger partial charge in [-0.1, -0.05) is 30.3 Å². The molecule has 118 valence electrons. The molecule has 0 radical (unpaired) electrons. The van der Waals surface area contributed by atoms with Crippen LogP contribution in [0.3, 0.4) is 0 Å². The number of hydrogen-bond donors (Lipinski definition) is 1. The maximum atomic E-state index is 9.42. The zero-order valence-electron chi connectivity index (χ0n) is 13.3. The highest BCUT2D eigenvalue weighted by Crippen LogP contribution is 2.38. The van der Waals surface area contributed by atoms with Crippen LogP contribution in [0, 0.1) is 11.3 Å². The molecule has 2 heterocycles. The number of aromatic nitrogens is 2. The first-order chi connectivity index (χ1) is 11.8. The fourth-order valence-corrected chi connectivity index (χ4v) is 3.76. The highest BCUT2D eigenvalue weighted by molar-refractivity contribution is 7.98. The highest BCUT2D eigenvalue weighted by atomic mass is 32.2. The van der Waals surface area contributed by atoms with Gasteiger partial charge in [-0.3, -0.25) is 0 Å². The Morgan fingerprint density at radius 1 is 1.17 bits per heavy atom. The smallest absolute Gasteiger partial charge is 0.133 e. The number of benzene rings is 2. The second-order valence-corrected chi connectivity index (χ2v) is 6.44. The zero-order valence-corrected chi connectivity index (χ0v) is 14.1. The van der Waals surface area contributed by atoms with E-state index >= 15 is 0 Å². The summed E-state index contributed by atoms with van der Waals surface area (Å²) in [6.07, 6.45) is 3.03. The van der Waals surface area contributed by atoms with Gasteiger partial charge >= 0.3 is 0 Å². The van der Waals surface area contributed by atoms with Crippen molar-refractivity contribution in [3.8, 4) is 23.0 Å². The second-order valence-electron chi connectivity index (χ2n) is 5.59. The van der Waals surface area contributed by atoms with Crippen LogP contribution in [-0.2, 0) is 6.42 Å². The molecule has 0 atom stereocenters. The van der Waals surface area contributed by atoms with E-state index in [1.807, 2.05) is 35.0 Å². The van der Waals surface area contributed by atoms with Crippen molar-refractivity contribution in [2.45, 2.75) is 11.3 Å². The summed E-state index contributed by atoms with van der Waals surface area (Å²) >= 11 is 1.73. The first-order valence-corrected chi connectivity index (χ1v) is 9.04. The van der Waals surface area contributed by atoms with Crippen LogP contribution in [0.25, 0.3) is 16.9 Å². The van der Waals surface area contributed by atoms with E-state index in [0.717, 1.165) is 35.7 Å². The van der Waals surface area contributed by atoms with Crippen molar-refractivity contribution >= 4 is 17.6 Å². The molecule has 0 amide bonds. The molecule has 4 nitrogen and oxygen atoms in total. The van der Waals surface area contributed by atoms with Gasteiger partial charge in [-0.15, -0.1) is 11.8 Å². The lowest BCUT2D eigenvalue weighted by molar-refractivity contribution is 0.878. The van der Waals surface area contributed by atoms with Crippen LogP contribution < -0.4 is 5.32 Å². The molecule has 0 fully saturated rings. The van der Waals surface area contributed by atoms with Crippen LogP contribution in [0.4, 0.5) is 5.82 Å². The Kier molecular flexibility index (Phi) is 3.75. The van der Waals surface area contributed by atoms with E-state index in [0.29, 0.717) is 5.56 Å². The summed E-state index contributed by atoms with van der Waals surface area (Å²) in [4.78, 5) is 1.21. The van der Waals surface area contributed by atoms with Gasteiger partial charge in [0.15, 0.2) is 0 Å². The third-order valence-electron chi connectivity index (χ3n) is 4.27. The maximum absolute atomic E-state index is 9.42. The molecule has 1 aliphatic rings. The van der Waals surface area contributed by atoms with E-state index in [-0.39, 0.29) is 0 Å². The van der Waals surface area contributed by atoms with Crippen LogP contribution in [-0.4, -0.2) is 22.6 Å². The molecule has 0 saturated carbocycles. The normalized spacial score (nSPS) is 12.5. The monoisotopic (exact) mass is 332 g/mol. The predicted molar refractivity (Wildman–Crippen MR) is 97.7 cm³/mol. The number of nitrogens with one attached hydrogen (secondary N) is 1. The van der Waals surface area contributed by atoms with Gasteiger partial charge in [-0.05, 0) is 30.9 Å². The second kappa shape index (κ2) is 6.06. The van der Waals surface area contributed by atoms with Gasteiger partial charge in [0.1, 0.15) is 11.9 Å². The number of thioether (sulfide) groups is 1. The van der Waals surface area contributed by atoms with Crippen LogP contribution in [0.2, 0.25) is 0 Å². The number of rotatable bonds is 3. The number of para-hydroxylation sites is 1. The number of hydrogen-bond acceptors (Lipinski definition) is 4. The molecule has 3 aromatic rings. The average Bonchev–Trinajstić information content (AvgIpc) is 3.24. The molecule has 1 aliphatic heterocycles. The number of anilines is 1. The standard InChI is InChI=1S/C19H16N4S/c1-24-17-9-5-3-7-14(17)18-15-10-11-21-19(15)23(22-18)16-8-4-2-6-13(16)12-20/h2-9,21H,10-11H2,1H3. The first kappa shape index (κ1) is 14.9. The minimum atomic E-state index is 0.626. The Morgan fingerprint density at radius 3 is 2.79 bits per heavy atom. The van der Waals surface area contributed by atoms with Crippen molar-refractivity contribution in [3.63, 3.8) is 0 Å². The molecule has 2 aromatic carbocycles. The van der Waals surface area contributed by atoms with E-state index in [4.69, 9.17) is 5.10 Å². The van der Waals surface area contributed by atoms with E-state index < -0.39 is 0 Å². The third kappa shape index (κ3) is 2.27. The van der Waals surface area contributed by atoms with Crippen molar-refractivity contribution in [3.05, 3.63) is 59.7 Å². The minimum absolute atomic E-state index is 0.626. The molecular weight excluding hydrogens is 316 g/mol. The lowest BCUT2D eigenvalue weighted by Gasteiger charge is -2.08. The molecular formula is C19H16N4S. The van der Waals surface area contributed by atoms with Gasteiger partial charge in [-0.2, -0.15) is 10.4 Å². The topological polar surface area (TPSA) is 53.6 Å². The summed E-state index contributed by atoms with van der Waals surface area (Å²) in [7, 11) is 0. The van der Waals surface area contributed by atoms with Gasteiger partial charge in [0.2, 0.25) is 0 Å². The van der Waals surface area contributed by atoms with Gasteiger partial charge in [0.25, 0.3) is 0 Å². The summed E-state index contributed by atoms with van der Waals surface area (Å²) in [5, 5.41) is 17.7. The first-order valence-electron chi connectivity index (χ1n) is 7.82. The Morgan fingerprint density at radius 2 is 1.96 bits per heavy atom. The summed E-state index contributed by atoms with van der Waals surface area (Å²) in [5.41, 5.74) is 4.83. The van der Waals surface area contributed by atoms with Crippen LogP contribution >= 0.6 is 11.8 Å². The van der Waals surface area contributed by atoms with Crippen molar-refractivity contribution < 1.29 is 0 Å². The van der Waals surface area contributed by atoms with E-state index in [1.54, 1.807) is 11.8 Å². The molecule has 0 saturated heterocycles. The summed E-state index contributed by atoms with van der Waals surface area (Å²) in [5.74, 6) is 1.00. The molecule has 1 N–H and O–H groups in total. The average molecular weight is 332 g/mol. The fraction of sp³-hybridized carbons (Fsp3) is 0.158. The summed E-state index contributed by atoms with van der Waals surface area (Å²) in [6, 6.07) is 18.2. The molecule has 0 spiro atoms. The number of nitriles is 1. The Labute approximate surface area is 145 Å². The Hall–Kier alpha value is -2.71. The van der Waals surface area contributed by atoms with Crippen LogP contribution in [0.1, 0.15) is 11.1 Å². The lowest BCUT2D eigenvalue weighted by Crippen LogP contribution is -2.05. The van der Waals surface area contributed by atoms with Crippen LogP contribution in [0.5, 0.6) is 0 Å². The van der Waals surface area contributed by atoms with E-state index in [9.17, 15) is 5.26 Å². The van der Waals surface area contributed by atoms with Gasteiger partial charge in [0.05, 0.1) is 16.9 Å². The molecule has 5 heteroatoms. The van der Waals surface area contributed by atoms with E-state index in [2.05, 4.69) is 35.8 Å². The number of fused-ring (bicyclic) bond motifs is 1. The lowest BCUT2D eigenvalue weighted by atomic mass is 10.1. The largest absolute Gasteiger partial charge is 0.369 e. The van der Waals surface area contributed by atoms with Gasteiger partial charge in [0, 0.05) is 22.6 Å². The number of nitrogens with zero attached hydrogens (tertiary/aromatic N) is 3. The summed E-state index contributed by atoms with van der Waals surface area (Å²) < 4.78 is 1.88. The predicted octanol–water partition coefficient (Wildman–Crippen LogP) is 4.10. The molecule has 1 aromatic heterocycles. The van der Waals surface area contributed by atoms with Gasteiger partial charge < -0.3 is 5.32 Å². The Balaban J connectivity index is 1.95. The SMILES string of the molecule is CSc1ccccc1-c1nn(-c2ccccc2C#N)c2c1CCN2. The van der Waals surface area contributed by atoms with Crippen molar-refractivity contribution in [1.29, 1.82) is 5.26 Å². The van der Waals surface area contributed by atoms with Crippen molar-refractivity contribution in [2.75, 3.05) is 18.1 Å². The van der Waals surface area contributed by atoms with E-state index in [1.165, 1.54) is 10.5 Å². The Bertz CT molecular complexity index is 952. The fourth-order valence-electron chi connectivity index (χ4n) is 3.16. The van der Waals surface area contributed by atoms with Gasteiger partial charge in [-0.25, -0.2) is 4.68 Å². The molecule has 24 heavy (non-hydrogen) atoms. The van der Waals surface area contributed by atoms with Crippen molar-refractivity contribution in [2.24, 2.45) is 0 Å². The third-order valence-corrected chi connectivity index (χ3v) is 5.06. The van der Waals surface area contributed by atoms with Crippen molar-refractivity contribution in [1.82, 2.24) is 9.78 Å². The quantitative estimate of drug-likeness (QED) is 0.734. The highest BCUT2D eigenvalue weighted by Gasteiger charge is 2.25. The molecule has 0 unspecified atom stereocenters. The molecule has 0 aliphatic carbocycles. The minimum Gasteiger partial charge on any atom is -0.369 e. The maximum Gasteiger partial charge on any atom is 0.133 e. The van der Waals surface area contributed by atoms with Crippen LogP contribution in [0.15, 0.2) is 53.4 Å². The zero-order chi connectivity index (χ0) is 16.5.